The topological polar surface area (TPSA) is 98.4 Å². The van der Waals surface area contributed by atoms with Crippen molar-refractivity contribution >= 4 is 16.3 Å². The van der Waals surface area contributed by atoms with Gasteiger partial charge in [0.2, 0.25) is 16.7 Å². The summed E-state index contributed by atoms with van der Waals surface area (Å²) >= 11 is 1.40. The van der Waals surface area contributed by atoms with E-state index in [-0.39, 0.29) is 11.9 Å². The summed E-state index contributed by atoms with van der Waals surface area (Å²) in [5.74, 6) is 1.38. The predicted molar refractivity (Wildman–Crippen MR) is 106 cm³/mol. The molecule has 1 unspecified atom stereocenters. The first-order valence-corrected chi connectivity index (χ1v) is 10.7. The molecule has 1 spiro atoms. The van der Waals surface area contributed by atoms with Crippen molar-refractivity contribution in [2.45, 2.75) is 24.7 Å². The monoisotopic (exact) mass is 428 g/mol. The molecule has 6 rings (SSSR count). The molecule has 9 nitrogen and oxygen atoms in total. The largest absolute Gasteiger partial charge is 0.492 e. The number of likely N-dealkylation sites (tertiary alicyclic amines) is 1. The van der Waals surface area contributed by atoms with Crippen LogP contribution in [-0.2, 0) is 9.47 Å². The van der Waals surface area contributed by atoms with E-state index in [0.717, 1.165) is 36.6 Å². The number of piperidine rings is 1. The Morgan fingerprint density at radius 2 is 1.83 bits per heavy atom. The molecule has 1 atom stereocenters. The Labute approximate surface area is 175 Å². The van der Waals surface area contributed by atoms with E-state index in [9.17, 15) is 5.11 Å². The van der Waals surface area contributed by atoms with Gasteiger partial charge in [0, 0.05) is 25.9 Å². The van der Waals surface area contributed by atoms with Crippen molar-refractivity contribution in [2.24, 2.45) is 0 Å². The molecule has 0 bridgehead atoms. The Morgan fingerprint density at radius 3 is 2.50 bits per heavy atom. The summed E-state index contributed by atoms with van der Waals surface area (Å²) in [6.45, 7) is 2.81. The second-order valence-electron chi connectivity index (χ2n) is 7.46. The Bertz CT molecular complexity index is 1130. The lowest BCUT2D eigenvalue weighted by molar-refractivity contribution is -0.187. The highest BCUT2D eigenvalue weighted by Gasteiger charge is 2.43. The predicted octanol–water partition coefficient (Wildman–Crippen LogP) is 3.28. The summed E-state index contributed by atoms with van der Waals surface area (Å²) < 4.78 is 24.3. The summed E-state index contributed by atoms with van der Waals surface area (Å²) in [5.41, 5.74) is 0. The molecule has 0 saturated carbocycles. The molecular formula is C20H20N4O5S. The maximum Gasteiger partial charge on any atom is 0.230 e. The molecule has 10 heteroatoms. The van der Waals surface area contributed by atoms with E-state index in [4.69, 9.17) is 18.3 Å². The average Bonchev–Trinajstić information content (AvgIpc) is 3.56. The van der Waals surface area contributed by atoms with Crippen molar-refractivity contribution in [1.29, 1.82) is 0 Å². The van der Waals surface area contributed by atoms with Crippen LogP contribution in [0.4, 0.5) is 0 Å². The SMILES string of the molecule is Oc1c(C(c2ccco2)N2CCC3(CC2)OCCO3)sc2nc(-c3ccco3)nn12. The van der Waals surface area contributed by atoms with Crippen LogP contribution in [0.25, 0.3) is 16.5 Å². The Balaban J connectivity index is 1.35. The van der Waals surface area contributed by atoms with Gasteiger partial charge in [0.25, 0.3) is 0 Å². The second-order valence-corrected chi connectivity index (χ2v) is 8.47. The first-order chi connectivity index (χ1) is 14.7. The zero-order chi connectivity index (χ0) is 20.1. The van der Waals surface area contributed by atoms with Gasteiger partial charge in [-0.3, -0.25) is 4.90 Å². The average molecular weight is 428 g/mol. The molecule has 2 fully saturated rings. The molecule has 4 aromatic rings. The van der Waals surface area contributed by atoms with Gasteiger partial charge in [0.05, 0.1) is 30.6 Å². The van der Waals surface area contributed by atoms with Crippen LogP contribution in [0.1, 0.15) is 29.5 Å². The van der Waals surface area contributed by atoms with Crippen LogP contribution in [0.15, 0.2) is 45.6 Å². The zero-order valence-corrected chi connectivity index (χ0v) is 16.9. The number of aromatic nitrogens is 3. The highest BCUT2D eigenvalue weighted by Crippen LogP contribution is 2.43. The number of ether oxygens (including phenoxy) is 2. The van der Waals surface area contributed by atoms with Crippen molar-refractivity contribution in [2.75, 3.05) is 26.3 Å². The lowest BCUT2D eigenvalue weighted by Gasteiger charge is -2.40. The summed E-state index contributed by atoms with van der Waals surface area (Å²) in [4.78, 5) is 8.16. The summed E-state index contributed by atoms with van der Waals surface area (Å²) in [7, 11) is 0. The van der Waals surface area contributed by atoms with E-state index in [1.54, 1.807) is 24.7 Å². The lowest BCUT2D eigenvalue weighted by atomic mass is 10.0. The minimum Gasteiger partial charge on any atom is -0.492 e. The van der Waals surface area contributed by atoms with Crippen LogP contribution < -0.4 is 0 Å². The Kier molecular flexibility index (Phi) is 4.20. The van der Waals surface area contributed by atoms with Crippen LogP contribution in [-0.4, -0.2) is 56.7 Å². The van der Waals surface area contributed by atoms with Gasteiger partial charge < -0.3 is 23.4 Å². The summed E-state index contributed by atoms with van der Waals surface area (Å²) in [5, 5.41) is 15.5. The van der Waals surface area contributed by atoms with Gasteiger partial charge in [0.1, 0.15) is 11.8 Å². The summed E-state index contributed by atoms with van der Waals surface area (Å²) in [6.07, 6.45) is 4.77. The van der Waals surface area contributed by atoms with Gasteiger partial charge in [-0.1, -0.05) is 11.3 Å². The van der Waals surface area contributed by atoms with E-state index >= 15 is 0 Å². The first kappa shape index (κ1) is 18.1. The van der Waals surface area contributed by atoms with E-state index in [1.807, 2.05) is 12.1 Å². The molecule has 0 radical (unpaired) electrons. The second kappa shape index (κ2) is 6.95. The molecule has 2 saturated heterocycles. The number of hydrogen-bond acceptors (Lipinski definition) is 9. The van der Waals surface area contributed by atoms with E-state index < -0.39 is 5.79 Å². The van der Waals surface area contributed by atoms with Crippen molar-refractivity contribution < 1.29 is 23.4 Å². The molecule has 0 aliphatic carbocycles. The molecule has 30 heavy (non-hydrogen) atoms. The fourth-order valence-corrected chi connectivity index (χ4v) is 5.37. The number of fused-ring (bicyclic) bond motifs is 1. The highest BCUT2D eigenvalue weighted by molar-refractivity contribution is 7.17. The van der Waals surface area contributed by atoms with Gasteiger partial charge in [-0.05, 0) is 24.3 Å². The third kappa shape index (κ3) is 2.87. The Morgan fingerprint density at radius 1 is 1.07 bits per heavy atom. The molecule has 4 aromatic heterocycles. The minimum atomic E-state index is -0.463. The van der Waals surface area contributed by atoms with Gasteiger partial charge in [0.15, 0.2) is 11.5 Å². The van der Waals surface area contributed by atoms with E-state index in [0.29, 0.717) is 29.8 Å². The van der Waals surface area contributed by atoms with Gasteiger partial charge in [-0.15, -0.1) is 5.10 Å². The first-order valence-electron chi connectivity index (χ1n) is 9.90. The third-order valence-electron chi connectivity index (χ3n) is 5.74. The molecule has 0 amide bonds. The van der Waals surface area contributed by atoms with Crippen LogP contribution in [0.3, 0.4) is 0 Å². The molecule has 1 N–H and O–H groups in total. The quantitative estimate of drug-likeness (QED) is 0.529. The van der Waals surface area contributed by atoms with Crippen molar-refractivity contribution in [3.8, 4) is 17.5 Å². The van der Waals surface area contributed by atoms with Crippen LogP contribution in [0, 0.1) is 0 Å². The van der Waals surface area contributed by atoms with Gasteiger partial charge in [-0.2, -0.15) is 9.50 Å². The third-order valence-corrected chi connectivity index (χ3v) is 6.81. The normalized spacial score (nSPS) is 20.4. The number of furan rings is 2. The van der Waals surface area contributed by atoms with E-state index in [1.165, 1.54) is 15.9 Å². The maximum absolute atomic E-state index is 11.0. The molecule has 156 valence electrons. The molecular weight excluding hydrogens is 408 g/mol. The standard InChI is InChI=1S/C20H20N4O5S/c25-18-16(30-19-21-17(22-24(18)19)14-4-2-10-27-14)15(13-3-1-9-26-13)23-7-5-20(6-8-23)28-11-12-29-20/h1-4,9-10,15,25H,5-8,11-12H2. The van der Waals surface area contributed by atoms with Gasteiger partial charge in [-0.25, -0.2) is 0 Å². The molecule has 6 heterocycles. The number of thiazole rings is 1. The highest BCUT2D eigenvalue weighted by atomic mass is 32.1. The van der Waals surface area contributed by atoms with Crippen molar-refractivity contribution in [3.63, 3.8) is 0 Å². The lowest BCUT2D eigenvalue weighted by Crippen LogP contribution is -2.46. The van der Waals surface area contributed by atoms with Crippen LogP contribution in [0.2, 0.25) is 0 Å². The summed E-state index contributed by atoms with van der Waals surface area (Å²) in [6, 6.07) is 7.13. The van der Waals surface area contributed by atoms with Crippen LogP contribution >= 0.6 is 11.3 Å². The fourth-order valence-electron chi connectivity index (χ4n) is 4.27. The number of nitrogens with zero attached hydrogens (tertiary/aromatic N) is 4. The number of rotatable bonds is 4. The van der Waals surface area contributed by atoms with Gasteiger partial charge >= 0.3 is 0 Å². The van der Waals surface area contributed by atoms with Crippen molar-refractivity contribution in [1.82, 2.24) is 19.5 Å². The number of hydrogen-bond donors (Lipinski definition) is 1. The molecule has 0 aromatic carbocycles. The minimum absolute atomic E-state index is 0.0651. The zero-order valence-electron chi connectivity index (χ0n) is 16.1. The van der Waals surface area contributed by atoms with Crippen molar-refractivity contribution in [3.05, 3.63) is 47.4 Å². The fraction of sp³-hybridized carbons (Fsp3) is 0.400. The molecule has 2 aliphatic heterocycles. The Hall–Kier alpha value is -2.66. The number of aromatic hydroxyl groups is 1. The molecule has 2 aliphatic rings. The van der Waals surface area contributed by atoms with Crippen LogP contribution in [0.5, 0.6) is 5.88 Å². The van der Waals surface area contributed by atoms with E-state index in [2.05, 4.69) is 15.0 Å². The smallest absolute Gasteiger partial charge is 0.230 e. The maximum atomic E-state index is 11.0.